The maximum atomic E-state index is 12.3. The molecule has 1 heterocycles. The molecule has 0 aromatic heterocycles. The predicted octanol–water partition coefficient (Wildman–Crippen LogP) is 5.78. The molecule has 4 rings (SSSR count). The molecule has 3 unspecified atom stereocenters. The van der Waals surface area contributed by atoms with Gasteiger partial charge in [0.25, 0.3) is 0 Å². The molecule has 8 atom stereocenters. The van der Waals surface area contributed by atoms with Gasteiger partial charge in [-0.15, -0.1) is 0 Å². The molecule has 0 bridgehead atoms. The second kappa shape index (κ2) is 13.5. The van der Waals surface area contributed by atoms with Crippen LogP contribution in [0.5, 0.6) is 0 Å². The summed E-state index contributed by atoms with van der Waals surface area (Å²) in [6, 6.07) is 20.4. The number of hydrogen-bond acceptors (Lipinski definition) is 6. The Hall–Kier alpha value is -2.25. The van der Waals surface area contributed by atoms with E-state index >= 15 is 0 Å². The number of methoxy groups -OCH3 is 1. The van der Waals surface area contributed by atoms with Crippen molar-refractivity contribution in [2.24, 2.45) is 23.7 Å². The molecule has 6 nitrogen and oxygen atoms in total. The molecule has 0 amide bonds. The van der Waals surface area contributed by atoms with E-state index < -0.39 is 6.29 Å². The van der Waals surface area contributed by atoms with Crippen molar-refractivity contribution in [1.82, 2.24) is 0 Å². The van der Waals surface area contributed by atoms with Gasteiger partial charge in [0.05, 0.1) is 45.1 Å². The minimum Gasteiger partial charge on any atom is -0.469 e. The smallest absolute Gasteiger partial charge is 0.308 e. The van der Waals surface area contributed by atoms with Crippen LogP contribution >= 0.6 is 0 Å². The van der Waals surface area contributed by atoms with E-state index in [9.17, 15) is 4.79 Å². The topological polar surface area (TPSA) is 63.2 Å². The number of ether oxygens (including phenoxy) is 5. The highest BCUT2D eigenvalue weighted by Gasteiger charge is 2.46. The molecule has 2 fully saturated rings. The van der Waals surface area contributed by atoms with Crippen LogP contribution < -0.4 is 0 Å². The standard InChI is InChI=1S/C31H42O6/c1-5-25-17-26(30(32)33-4)16-21(2)27(25)37-31-29(35-20-24-14-10-7-11-15-24)28(22(3)18-36-31)34-19-23-12-8-6-9-13-23/h6-15,21-22,25-29,31H,5,16-20H2,1-4H3/t21-,22-,25-,26?,27?,28+,29?,31+/m1/s1. The Morgan fingerprint density at radius 1 is 0.838 bits per heavy atom. The lowest BCUT2D eigenvalue weighted by atomic mass is 9.72. The third-order valence-corrected chi connectivity index (χ3v) is 7.87. The maximum Gasteiger partial charge on any atom is 0.308 e. The number of rotatable bonds is 10. The normalized spacial score (nSPS) is 32.1. The van der Waals surface area contributed by atoms with Gasteiger partial charge in [-0.05, 0) is 35.8 Å². The first-order valence-corrected chi connectivity index (χ1v) is 13.7. The monoisotopic (exact) mass is 510 g/mol. The van der Waals surface area contributed by atoms with Crippen LogP contribution in [0.2, 0.25) is 0 Å². The Morgan fingerprint density at radius 2 is 1.43 bits per heavy atom. The van der Waals surface area contributed by atoms with Gasteiger partial charge in [0.1, 0.15) is 6.10 Å². The third kappa shape index (κ3) is 7.20. The molecular weight excluding hydrogens is 468 g/mol. The van der Waals surface area contributed by atoms with Crippen molar-refractivity contribution in [3.63, 3.8) is 0 Å². The fourth-order valence-electron chi connectivity index (χ4n) is 5.80. The quantitative estimate of drug-likeness (QED) is 0.378. The van der Waals surface area contributed by atoms with E-state index in [2.05, 4.69) is 45.0 Å². The van der Waals surface area contributed by atoms with Crippen LogP contribution in [0.3, 0.4) is 0 Å². The first-order valence-electron chi connectivity index (χ1n) is 13.7. The summed E-state index contributed by atoms with van der Waals surface area (Å²) in [6.45, 7) is 7.96. The highest BCUT2D eigenvalue weighted by molar-refractivity contribution is 5.72. The van der Waals surface area contributed by atoms with Crippen LogP contribution in [0.4, 0.5) is 0 Å². The number of carbonyl (C=O) groups excluding carboxylic acids is 1. The summed E-state index contributed by atoms with van der Waals surface area (Å²) in [5.41, 5.74) is 2.22. The molecule has 0 N–H and O–H groups in total. The molecule has 1 aliphatic heterocycles. The summed E-state index contributed by atoms with van der Waals surface area (Å²) in [6.07, 6.45) is 1.32. The fraction of sp³-hybridized carbons (Fsp3) is 0.581. The van der Waals surface area contributed by atoms with Crippen molar-refractivity contribution in [2.75, 3.05) is 13.7 Å². The molecule has 37 heavy (non-hydrogen) atoms. The summed E-state index contributed by atoms with van der Waals surface area (Å²) in [4.78, 5) is 12.3. The molecule has 1 aliphatic carbocycles. The van der Waals surface area contributed by atoms with E-state index in [1.807, 2.05) is 36.4 Å². The Morgan fingerprint density at radius 3 is 2.00 bits per heavy atom. The van der Waals surface area contributed by atoms with Crippen LogP contribution in [-0.4, -0.2) is 44.3 Å². The van der Waals surface area contributed by atoms with E-state index in [1.54, 1.807) is 0 Å². The zero-order valence-electron chi connectivity index (χ0n) is 22.6. The molecule has 1 saturated heterocycles. The van der Waals surface area contributed by atoms with Gasteiger partial charge in [-0.3, -0.25) is 4.79 Å². The van der Waals surface area contributed by atoms with E-state index in [0.29, 0.717) is 19.8 Å². The molecule has 1 saturated carbocycles. The number of esters is 1. The predicted molar refractivity (Wildman–Crippen MR) is 141 cm³/mol. The molecule has 0 spiro atoms. The highest BCUT2D eigenvalue weighted by Crippen LogP contribution is 2.40. The molecule has 6 heteroatoms. The summed E-state index contributed by atoms with van der Waals surface area (Å²) in [7, 11) is 1.47. The van der Waals surface area contributed by atoms with E-state index in [4.69, 9.17) is 23.7 Å². The second-order valence-corrected chi connectivity index (χ2v) is 10.6. The largest absolute Gasteiger partial charge is 0.469 e. The summed E-state index contributed by atoms with van der Waals surface area (Å²) in [5.74, 6) is 0.395. The van der Waals surface area contributed by atoms with Crippen LogP contribution in [0, 0.1) is 23.7 Å². The van der Waals surface area contributed by atoms with Crippen LogP contribution in [-0.2, 0) is 41.7 Å². The van der Waals surface area contributed by atoms with Crippen molar-refractivity contribution >= 4 is 5.97 Å². The van der Waals surface area contributed by atoms with Gasteiger partial charge in [0, 0.05) is 5.92 Å². The minimum absolute atomic E-state index is 0.0260. The second-order valence-electron chi connectivity index (χ2n) is 10.6. The van der Waals surface area contributed by atoms with Gasteiger partial charge in [-0.25, -0.2) is 0 Å². The number of carbonyl (C=O) groups is 1. The lowest BCUT2D eigenvalue weighted by molar-refractivity contribution is -0.304. The SMILES string of the molecule is CC[C@@H]1CC(C(=O)OC)C[C@@H](C)C1O[C@@H]1OC[C@@H](C)[C@H](OCc2ccccc2)C1OCc1ccccc1. The molecule has 0 radical (unpaired) electrons. The van der Waals surface area contributed by atoms with Crippen molar-refractivity contribution in [3.8, 4) is 0 Å². The molecule has 2 aromatic rings. The average Bonchev–Trinajstić information content (AvgIpc) is 2.93. The van der Waals surface area contributed by atoms with Gasteiger partial charge in [-0.1, -0.05) is 87.9 Å². The molecule has 202 valence electrons. The van der Waals surface area contributed by atoms with Gasteiger partial charge < -0.3 is 23.7 Å². The van der Waals surface area contributed by atoms with Crippen molar-refractivity contribution in [1.29, 1.82) is 0 Å². The lowest BCUT2D eigenvalue weighted by Gasteiger charge is -2.46. The van der Waals surface area contributed by atoms with Gasteiger partial charge >= 0.3 is 5.97 Å². The average molecular weight is 511 g/mol. The zero-order valence-corrected chi connectivity index (χ0v) is 22.6. The molecule has 2 aliphatic rings. The third-order valence-electron chi connectivity index (χ3n) is 7.87. The Balaban J connectivity index is 1.51. The first-order chi connectivity index (χ1) is 18.0. The molecule has 2 aromatic carbocycles. The van der Waals surface area contributed by atoms with Crippen molar-refractivity contribution in [2.45, 2.75) is 77.8 Å². The number of hydrogen-bond donors (Lipinski definition) is 0. The van der Waals surface area contributed by atoms with Crippen molar-refractivity contribution in [3.05, 3.63) is 71.8 Å². The first kappa shape index (κ1) is 27.8. The lowest BCUT2D eigenvalue weighted by Crippen LogP contribution is -2.55. The van der Waals surface area contributed by atoms with Crippen molar-refractivity contribution < 1.29 is 28.5 Å². The van der Waals surface area contributed by atoms with E-state index in [1.165, 1.54) is 7.11 Å². The highest BCUT2D eigenvalue weighted by atomic mass is 16.7. The van der Waals surface area contributed by atoms with Crippen LogP contribution in [0.25, 0.3) is 0 Å². The zero-order chi connectivity index (χ0) is 26.2. The maximum absolute atomic E-state index is 12.3. The Labute approximate surface area is 221 Å². The van der Waals surface area contributed by atoms with E-state index in [-0.39, 0.29) is 48.0 Å². The summed E-state index contributed by atoms with van der Waals surface area (Å²) >= 11 is 0. The van der Waals surface area contributed by atoms with Crippen LogP contribution in [0.15, 0.2) is 60.7 Å². The minimum atomic E-state index is -0.545. The summed E-state index contributed by atoms with van der Waals surface area (Å²) in [5, 5.41) is 0. The van der Waals surface area contributed by atoms with E-state index in [0.717, 1.165) is 30.4 Å². The van der Waals surface area contributed by atoms with Crippen LogP contribution in [0.1, 0.15) is 51.2 Å². The Bertz CT molecular complexity index is 951. The summed E-state index contributed by atoms with van der Waals surface area (Å²) < 4.78 is 31.1. The van der Waals surface area contributed by atoms with Gasteiger partial charge in [-0.2, -0.15) is 0 Å². The Kier molecular flexibility index (Phi) is 10.1. The molecular formula is C31H42O6. The van der Waals surface area contributed by atoms with Gasteiger partial charge in [0.2, 0.25) is 0 Å². The fourth-order valence-corrected chi connectivity index (χ4v) is 5.80. The number of benzene rings is 2. The van der Waals surface area contributed by atoms with Gasteiger partial charge in [0.15, 0.2) is 6.29 Å².